The van der Waals surface area contributed by atoms with Crippen molar-refractivity contribution in [3.63, 3.8) is 0 Å². The first-order chi connectivity index (χ1) is 5.07. The van der Waals surface area contributed by atoms with Gasteiger partial charge in [0.25, 0.3) is 0 Å². The molecule has 0 heterocycles. The maximum Gasteiger partial charge on any atom is 0.248 e. The van der Waals surface area contributed by atoms with Gasteiger partial charge in [-0.1, -0.05) is 20.8 Å². The molecule has 66 valence electrons. The number of rotatable bonds is 4. The first kappa shape index (κ1) is 10.4. The van der Waals surface area contributed by atoms with Crippen LogP contribution in [0.4, 0.5) is 0 Å². The largest absolute Gasteiger partial charge is 0.383 e. The van der Waals surface area contributed by atoms with Gasteiger partial charge in [0, 0.05) is 6.54 Å². The van der Waals surface area contributed by atoms with Crippen molar-refractivity contribution in [2.75, 3.05) is 6.54 Å². The van der Waals surface area contributed by atoms with Crippen LogP contribution in [0, 0.1) is 5.92 Å². The Morgan fingerprint density at radius 1 is 1.55 bits per heavy atom. The highest BCUT2D eigenvalue weighted by Crippen LogP contribution is 1.91. The fraction of sp³-hybridized carbons (Fsp3) is 0.875. The third-order valence-corrected chi connectivity index (χ3v) is 1.37. The molecule has 1 amide bonds. The molecule has 0 aromatic heterocycles. The number of hydrogen-bond acceptors (Lipinski definition) is 2. The molecule has 3 nitrogen and oxygen atoms in total. The Morgan fingerprint density at radius 3 is 2.45 bits per heavy atom. The summed E-state index contributed by atoms with van der Waals surface area (Å²) in [6, 6.07) is 0. The van der Waals surface area contributed by atoms with E-state index >= 15 is 0 Å². The lowest BCUT2D eigenvalue weighted by Gasteiger charge is -2.10. The van der Waals surface area contributed by atoms with Crippen molar-refractivity contribution in [2.45, 2.75) is 33.3 Å². The zero-order valence-corrected chi connectivity index (χ0v) is 7.42. The van der Waals surface area contributed by atoms with E-state index in [0.29, 0.717) is 18.9 Å². The van der Waals surface area contributed by atoms with Crippen molar-refractivity contribution >= 4 is 5.91 Å². The number of carbonyl (C=O) groups is 1. The lowest BCUT2D eigenvalue weighted by atomic mass is 10.2. The van der Waals surface area contributed by atoms with E-state index in [1.807, 2.05) is 13.8 Å². The molecule has 3 heteroatoms. The number of aliphatic hydroxyl groups excluding tert-OH is 1. The van der Waals surface area contributed by atoms with E-state index in [2.05, 4.69) is 5.32 Å². The highest BCUT2D eigenvalue weighted by Gasteiger charge is 2.11. The van der Waals surface area contributed by atoms with Crippen molar-refractivity contribution in [3.05, 3.63) is 0 Å². The molecule has 0 aliphatic rings. The van der Waals surface area contributed by atoms with Crippen LogP contribution in [0.1, 0.15) is 27.2 Å². The molecule has 2 N–H and O–H groups in total. The number of carbonyl (C=O) groups excluding carboxylic acids is 1. The zero-order chi connectivity index (χ0) is 8.85. The van der Waals surface area contributed by atoms with Crippen LogP contribution in [-0.4, -0.2) is 23.7 Å². The topological polar surface area (TPSA) is 49.3 Å². The minimum atomic E-state index is -0.839. The van der Waals surface area contributed by atoms with E-state index in [9.17, 15) is 4.79 Å². The summed E-state index contributed by atoms with van der Waals surface area (Å²) in [5.74, 6) is 0.171. The molecule has 1 atom stereocenters. The zero-order valence-electron chi connectivity index (χ0n) is 7.42. The van der Waals surface area contributed by atoms with Crippen LogP contribution in [0.5, 0.6) is 0 Å². The third kappa shape index (κ3) is 4.79. The van der Waals surface area contributed by atoms with Gasteiger partial charge in [-0.2, -0.15) is 0 Å². The Hall–Kier alpha value is -0.570. The Morgan fingerprint density at radius 2 is 2.09 bits per heavy atom. The Kier molecular flexibility index (Phi) is 4.86. The minimum absolute atomic E-state index is 0.263. The van der Waals surface area contributed by atoms with Gasteiger partial charge in [0.2, 0.25) is 5.91 Å². The van der Waals surface area contributed by atoms with E-state index in [0.717, 1.165) is 0 Å². The highest BCUT2D eigenvalue weighted by atomic mass is 16.3. The lowest BCUT2D eigenvalue weighted by Crippen LogP contribution is -2.36. The maximum atomic E-state index is 10.9. The van der Waals surface area contributed by atoms with Crippen LogP contribution in [0.2, 0.25) is 0 Å². The summed E-state index contributed by atoms with van der Waals surface area (Å²) in [7, 11) is 0. The van der Waals surface area contributed by atoms with Crippen LogP contribution >= 0.6 is 0 Å². The molecular weight excluding hydrogens is 142 g/mol. The summed E-state index contributed by atoms with van der Waals surface area (Å²) in [5.41, 5.74) is 0. The van der Waals surface area contributed by atoms with Crippen LogP contribution in [0.25, 0.3) is 0 Å². The van der Waals surface area contributed by atoms with Crippen molar-refractivity contribution in [1.29, 1.82) is 0 Å². The first-order valence-electron chi connectivity index (χ1n) is 4.03. The quantitative estimate of drug-likeness (QED) is 0.628. The number of aliphatic hydroxyl groups is 1. The Balaban J connectivity index is 3.52. The van der Waals surface area contributed by atoms with Crippen LogP contribution < -0.4 is 5.32 Å². The van der Waals surface area contributed by atoms with Gasteiger partial charge in [-0.3, -0.25) is 4.79 Å². The molecule has 0 aromatic rings. The van der Waals surface area contributed by atoms with Gasteiger partial charge < -0.3 is 10.4 Å². The second kappa shape index (κ2) is 5.13. The van der Waals surface area contributed by atoms with E-state index in [1.165, 1.54) is 0 Å². The van der Waals surface area contributed by atoms with Gasteiger partial charge >= 0.3 is 0 Å². The Labute approximate surface area is 67.8 Å². The first-order valence-corrected chi connectivity index (χ1v) is 4.03. The molecule has 0 saturated heterocycles. The molecule has 0 rings (SSSR count). The van der Waals surface area contributed by atoms with E-state index in [1.54, 1.807) is 6.92 Å². The van der Waals surface area contributed by atoms with Crippen molar-refractivity contribution in [1.82, 2.24) is 5.32 Å². The van der Waals surface area contributed by atoms with Gasteiger partial charge in [0.1, 0.15) is 6.10 Å². The summed E-state index contributed by atoms with van der Waals surface area (Å²) in [4.78, 5) is 10.9. The lowest BCUT2D eigenvalue weighted by molar-refractivity contribution is -0.129. The standard InChI is InChI=1S/C8H17NO2/c1-4-7(10)8(11)9-5-6(2)3/h6-7,10H,4-5H2,1-3H3,(H,9,11). The SMILES string of the molecule is CCC(O)C(=O)NCC(C)C. The maximum absolute atomic E-state index is 10.9. The van der Waals surface area contributed by atoms with Gasteiger partial charge in [-0.25, -0.2) is 0 Å². The third-order valence-electron chi connectivity index (χ3n) is 1.37. The van der Waals surface area contributed by atoms with E-state index < -0.39 is 6.10 Å². The Bertz CT molecular complexity index is 123. The molecule has 1 unspecified atom stereocenters. The summed E-state index contributed by atoms with van der Waals surface area (Å²) >= 11 is 0. The fourth-order valence-corrected chi connectivity index (χ4v) is 0.608. The second-order valence-corrected chi connectivity index (χ2v) is 3.06. The van der Waals surface area contributed by atoms with Crippen molar-refractivity contribution < 1.29 is 9.90 Å². The van der Waals surface area contributed by atoms with Crippen molar-refractivity contribution in [2.24, 2.45) is 5.92 Å². The molecule has 0 saturated carbocycles. The highest BCUT2D eigenvalue weighted by molar-refractivity contribution is 5.80. The normalized spacial score (nSPS) is 13.2. The second-order valence-electron chi connectivity index (χ2n) is 3.06. The van der Waals surface area contributed by atoms with Crippen LogP contribution in [-0.2, 0) is 4.79 Å². The molecule has 11 heavy (non-hydrogen) atoms. The van der Waals surface area contributed by atoms with E-state index in [-0.39, 0.29) is 5.91 Å². The predicted molar refractivity (Wildman–Crippen MR) is 44.1 cm³/mol. The van der Waals surface area contributed by atoms with Crippen LogP contribution in [0.3, 0.4) is 0 Å². The van der Waals surface area contributed by atoms with Gasteiger partial charge in [0.05, 0.1) is 0 Å². The summed E-state index contributed by atoms with van der Waals surface area (Å²) < 4.78 is 0. The molecule has 0 spiro atoms. The molecule has 0 aliphatic heterocycles. The summed E-state index contributed by atoms with van der Waals surface area (Å²) in [6.07, 6.45) is -0.363. The van der Waals surface area contributed by atoms with E-state index in [4.69, 9.17) is 5.11 Å². The molecule has 0 aliphatic carbocycles. The number of amides is 1. The van der Waals surface area contributed by atoms with Gasteiger partial charge in [-0.15, -0.1) is 0 Å². The molecule has 0 radical (unpaired) electrons. The summed E-state index contributed by atoms with van der Waals surface area (Å²) in [6.45, 7) is 6.44. The fourth-order valence-electron chi connectivity index (χ4n) is 0.608. The summed E-state index contributed by atoms with van der Waals surface area (Å²) in [5, 5.41) is 11.7. The van der Waals surface area contributed by atoms with Gasteiger partial charge in [-0.05, 0) is 12.3 Å². The molecule has 0 fully saturated rings. The minimum Gasteiger partial charge on any atom is -0.383 e. The smallest absolute Gasteiger partial charge is 0.248 e. The number of nitrogens with one attached hydrogen (secondary N) is 1. The molecular formula is C8H17NO2. The average Bonchev–Trinajstić information content (AvgIpc) is 1.98. The average molecular weight is 159 g/mol. The number of hydrogen-bond donors (Lipinski definition) is 2. The molecule has 0 aromatic carbocycles. The van der Waals surface area contributed by atoms with Gasteiger partial charge in [0.15, 0.2) is 0 Å². The van der Waals surface area contributed by atoms with Crippen molar-refractivity contribution in [3.8, 4) is 0 Å². The molecule has 0 bridgehead atoms. The monoisotopic (exact) mass is 159 g/mol. The predicted octanol–water partition coefficient (Wildman–Crippen LogP) is 0.529. The van der Waals surface area contributed by atoms with Crippen LogP contribution in [0.15, 0.2) is 0 Å².